The first-order valence-electron chi connectivity index (χ1n) is 5.86. The maximum atomic E-state index is 11.9. The van der Waals surface area contributed by atoms with Gasteiger partial charge in [-0.1, -0.05) is 6.92 Å². The molecule has 0 aromatic rings. The van der Waals surface area contributed by atoms with Gasteiger partial charge in [-0.3, -0.25) is 10.1 Å². The van der Waals surface area contributed by atoms with Gasteiger partial charge >= 0.3 is 0 Å². The topological polar surface area (TPSA) is 41.6 Å². The van der Waals surface area contributed by atoms with E-state index in [1.54, 1.807) is 0 Å². The van der Waals surface area contributed by atoms with Crippen LogP contribution in [0.4, 0.5) is 0 Å². The van der Waals surface area contributed by atoms with Crippen LogP contribution >= 0.6 is 0 Å². The lowest BCUT2D eigenvalue weighted by molar-refractivity contribution is -0.129. The normalized spacial score (nSPS) is 36.5. The Kier molecular flexibility index (Phi) is 3.26. The SMILES string of the molecule is CCC1NCN(CC2CCOC2C)C1=O. The van der Waals surface area contributed by atoms with Gasteiger partial charge in [-0.15, -0.1) is 0 Å². The number of ether oxygens (including phenoxy) is 1. The van der Waals surface area contributed by atoms with Crippen LogP contribution in [0.15, 0.2) is 0 Å². The summed E-state index contributed by atoms with van der Waals surface area (Å²) < 4.78 is 5.51. The molecule has 86 valence electrons. The van der Waals surface area contributed by atoms with Crippen molar-refractivity contribution < 1.29 is 9.53 Å². The van der Waals surface area contributed by atoms with E-state index in [1.807, 2.05) is 11.8 Å². The first-order chi connectivity index (χ1) is 7.22. The zero-order chi connectivity index (χ0) is 10.8. The molecule has 2 aliphatic rings. The van der Waals surface area contributed by atoms with Gasteiger partial charge in [-0.2, -0.15) is 0 Å². The molecule has 0 aromatic carbocycles. The predicted octanol–water partition coefficient (Wildman–Crippen LogP) is 0.579. The van der Waals surface area contributed by atoms with Gasteiger partial charge in [0.05, 0.1) is 18.8 Å². The second-order valence-electron chi connectivity index (χ2n) is 4.51. The minimum absolute atomic E-state index is 0.0441. The zero-order valence-electron chi connectivity index (χ0n) is 9.53. The fraction of sp³-hybridized carbons (Fsp3) is 0.909. The molecule has 2 saturated heterocycles. The standard InChI is InChI=1S/C11H20N2O2/c1-3-10-11(14)13(7-12-10)6-9-4-5-15-8(9)2/h8-10,12H,3-7H2,1-2H3. The molecule has 4 heteroatoms. The first kappa shape index (κ1) is 10.9. The van der Waals surface area contributed by atoms with E-state index >= 15 is 0 Å². The summed E-state index contributed by atoms with van der Waals surface area (Å²) in [4.78, 5) is 13.8. The van der Waals surface area contributed by atoms with Gasteiger partial charge in [0, 0.05) is 19.1 Å². The fourth-order valence-electron chi connectivity index (χ4n) is 2.38. The Balaban J connectivity index is 1.87. The molecule has 0 spiro atoms. The molecular weight excluding hydrogens is 192 g/mol. The summed E-state index contributed by atoms with van der Waals surface area (Å²) in [6.45, 7) is 6.55. The lowest BCUT2D eigenvalue weighted by atomic mass is 10.0. The summed E-state index contributed by atoms with van der Waals surface area (Å²) in [6.07, 6.45) is 2.27. The molecule has 2 heterocycles. The zero-order valence-corrected chi connectivity index (χ0v) is 9.53. The van der Waals surface area contributed by atoms with Crippen LogP contribution in [0.2, 0.25) is 0 Å². The highest BCUT2D eigenvalue weighted by molar-refractivity contribution is 5.83. The Labute approximate surface area is 91.0 Å². The lowest BCUT2D eigenvalue weighted by Gasteiger charge is -2.21. The molecular formula is C11H20N2O2. The molecule has 1 amide bonds. The van der Waals surface area contributed by atoms with Crippen molar-refractivity contribution in [2.75, 3.05) is 19.8 Å². The maximum absolute atomic E-state index is 11.9. The Morgan fingerprint density at radius 1 is 1.60 bits per heavy atom. The third-order valence-corrected chi connectivity index (χ3v) is 3.53. The highest BCUT2D eigenvalue weighted by Crippen LogP contribution is 2.22. The summed E-state index contributed by atoms with van der Waals surface area (Å²) in [7, 11) is 0. The molecule has 0 aromatic heterocycles. The molecule has 0 saturated carbocycles. The van der Waals surface area contributed by atoms with Gasteiger partial charge in [-0.05, 0) is 19.8 Å². The number of hydrogen-bond acceptors (Lipinski definition) is 3. The summed E-state index contributed by atoms with van der Waals surface area (Å²) >= 11 is 0. The van der Waals surface area contributed by atoms with Crippen molar-refractivity contribution in [2.45, 2.75) is 38.8 Å². The second kappa shape index (κ2) is 4.49. The minimum atomic E-state index is 0.0441. The van der Waals surface area contributed by atoms with Gasteiger partial charge in [-0.25, -0.2) is 0 Å². The molecule has 2 fully saturated rings. The van der Waals surface area contributed by atoms with Crippen LogP contribution in [0.3, 0.4) is 0 Å². The van der Waals surface area contributed by atoms with Crippen LogP contribution in [-0.2, 0) is 9.53 Å². The number of hydrogen-bond donors (Lipinski definition) is 1. The summed E-state index contributed by atoms with van der Waals surface area (Å²) in [6, 6.07) is 0.0441. The van der Waals surface area contributed by atoms with E-state index in [4.69, 9.17) is 4.74 Å². The van der Waals surface area contributed by atoms with E-state index < -0.39 is 0 Å². The van der Waals surface area contributed by atoms with Gasteiger partial charge in [0.15, 0.2) is 0 Å². The predicted molar refractivity (Wildman–Crippen MR) is 57.3 cm³/mol. The number of nitrogens with one attached hydrogen (secondary N) is 1. The van der Waals surface area contributed by atoms with Crippen molar-refractivity contribution in [1.82, 2.24) is 10.2 Å². The van der Waals surface area contributed by atoms with E-state index in [-0.39, 0.29) is 11.9 Å². The van der Waals surface area contributed by atoms with E-state index in [1.165, 1.54) is 0 Å². The monoisotopic (exact) mass is 212 g/mol. The minimum Gasteiger partial charge on any atom is -0.378 e. The highest BCUT2D eigenvalue weighted by Gasteiger charge is 2.33. The molecule has 3 atom stereocenters. The van der Waals surface area contributed by atoms with E-state index in [2.05, 4.69) is 12.2 Å². The van der Waals surface area contributed by atoms with Crippen molar-refractivity contribution in [2.24, 2.45) is 5.92 Å². The van der Waals surface area contributed by atoms with Crippen LogP contribution in [0.25, 0.3) is 0 Å². The summed E-state index contributed by atoms with van der Waals surface area (Å²) in [5, 5.41) is 3.23. The number of carbonyl (C=O) groups excluding carboxylic acids is 1. The van der Waals surface area contributed by atoms with E-state index in [0.717, 1.165) is 26.0 Å². The van der Waals surface area contributed by atoms with Gasteiger partial charge in [0.25, 0.3) is 0 Å². The van der Waals surface area contributed by atoms with E-state index in [9.17, 15) is 4.79 Å². The van der Waals surface area contributed by atoms with Crippen LogP contribution in [0.5, 0.6) is 0 Å². The second-order valence-corrected chi connectivity index (χ2v) is 4.51. The average molecular weight is 212 g/mol. The van der Waals surface area contributed by atoms with E-state index in [0.29, 0.717) is 18.7 Å². The fourth-order valence-corrected chi connectivity index (χ4v) is 2.38. The van der Waals surface area contributed by atoms with Crippen LogP contribution in [-0.4, -0.2) is 42.8 Å². The number of nitrogens with zero attached hydrogens (tertiary/aromatic N) is 1. The number of carbonyl (C=O) groups is 1. The van der Waals surface area contributed by atoms with Crippen molar-refractivity contribution in [1.29, 1.82) is 0 Å². The molecule has 2 rings (SSSR count). The molecule has 4 nitrogen and oxygen atoms in total. The van der Waals surface area contributed by atoms with Crippen molar-refractivity contribution in [3.05, 3.63) is 0 Å². The Morgan fingerprint density at radius 3 is 2.93 bits per heavy atom. The van der Waals surface area contributed by atoms with Gasteiger partial charge in [0.1, 0.15) is 0 Å². The van der Waals surface area contributed by atoms with Gasteiger partial charge < -0.3 is 9.64 Å². The number of amides is 1. The molecule has 2 aliphatic heterocycles. The van der Waals surface area contributed by atoms with Gasteiger partial charge in [0.2, 0.25) is 5.91 Å². The van der Waals surface area contributed by atoms with Crippen LogP contribution in [0.1, 0.15) is 26.7 Å². The molecule has 0 aliphatic carbocycles. The largest absolute Gasteiger partial charge is 0.378 e. The average Bonchev–Trinajstić information content (AvgIpc) is 2.77. The summed E-state index contributed by atoms with van der Waals surface area (Å²) in [5.74, 6) is 0.781. The van der Waals surface area contributed by atoms with Crippen LogP contribution < -0.4 is 5.32 Å². The van der Waals surface area contributed by atoms with Crippen molar-refractivity contribution >= 4 is 5.91 Å². The van der Waals surface area contributed by atoms with Crippen molar-refractivity contribution in [3.63, 3.8) is 0 Å². The quantitative estimate of drug-likeness (QED) is 0.744. The molecule has 0 bridgehead atoms. The maximum Gasteiger partial charge on any atom is 0.240 e. The Morgan fingerprint density at radius 2 is 2.40 bits per heavy atom. The molecule has 0 radical (unpaired) electrons. The smallest absolute Gasteiger partial charge is 0.240 e. The molecule has 3 unspecified atom stereocenters. The highest BCUT2D eigenvalue weighted by atomic mass is 16.5. The third-order valence-electron chi connectivity index (χ3n) is 3.53. The Bertz CT molecular complexity index is 245. The lowest BCUT2D eigenvalue weighted by Crippen LogP contribution is -2.35. The molecule has 1 N–H and O–H groups in total. The molecule has 15 heavy (non-hydrogen) atoms. The summed E-state index contributed by atoms with van der Waals surface area (Å²) in [5.41, 5.74) is 0. The Hall–Kier alpha value is -0.610. The van der Waals surface area contributed by atoms with Crippen LogP contribution in [0, 0.1) is 5.92 Å². The third kappa shape index (κ3) is 2.16. The first-order valence-corrected chi connectivity index (χ1v) is 5.86. The van der Waals surface area contributed by atoms with Crippen molar-refractivity contribution in [3.8, 4) is 0 Å². The number of rotatable bonds is 3.